The van der Waals surface area contributed by atoms with Gasteiger partial charge in [-0.05, 0) is 50.4 Å². The van der Waals surface area contributed by atoms with E-state index in [0.717, 1.165) is 51.4 Å². The Kier molecular flexibility index (Phi) is 13.2. The fourth-order valence-electron chi connectivity index (χ4n) is 2.17. The third kappa shape index (κ3) is 9.83. The Morgan fingerprint density at radius 1 is 0.556 bits per heavy atom. The molecule has 0 heterocycles. The van der Waals surface area contributed by atoms with Gasteiger partial charge >= 0.3 is 0 Å². The first-order valence-electron chi connectivity index (χ1n) is 7.21. The van der Waals surface area contributed by atoms with Crippen molar-refractivity contribution < 1.29 is 20.4 Å². The number of unbranched alkanes of at least 4 members (excludes halogenated alkanes) is 3. The van der Waals surface area contributed by atoms with E-state index < -0.39 is 0 Å². The van der Waals surface area contributed by atoms with Crippen LogP contribution in [0.4, 0.5) is 0 Å². The van der Waals surface area contributed by atoms with Crippen molar-refractivity contribution in [3.8, 4) is 0 Å². The second kappa shape index (κ2) is 13.3. The molecule has 4 heteroatoms. The normalized spacial score (nSPS) is 23.3. The summed E-state index contributed by atoms with van der Waals surface area (Å²) < 4.78 is 0. The van der Waals surface area contributed by atoms with Crippen molar-refractivity contribution in [1.82, 2.24) is 0 Å². The fourth-order valence-corrected chi connectivity index (χ4v) is 2.17. The molecule has 1 fully saturated rings. The Bertz CT molecular complexity index is 138. The van der Waals surface area contributed by atoms with Crippen molar-refractivity contribution in [2.45, 2.75) is 51.4 Å². The molecule has 0 aromatic heterocycles. The van der Waals surface area contributed by atoms with Crippen LogP contribution >= 0.6 is 0 Å². The van der Waals surface area contributed by atoms with E-state index in [1.165, 1.54) is 0 Å². The first-order valence-corrected chi connectivity index (χ1v) is 7.21. The molecule has 4 nitrogen and oxygen atoms in total. The average molecular weight is 262 g/mol. The minimum absolute atomic E-state index is 0.283. The Hall–Kier alpha value is -0.160. The van der Waals surface area contributed by atoms with Gasteiger partial charge in [0.15, 0.2) is 0 Å². The maximum atomic E-state index is 8.79. The monoisotopic (exact) mass is 262 g/mol. The molecule has 0 aromatic carbocycles. The lowest BCUT2D eigenvalue weighted by Gasteiger charge is -2.25. The molecule has 0 amide bonds. The summed E-state index contributed by atoms with van der Waals surface area (Å²) >= 11 is 0. The highest BCUT2D eigenvalue weighted by Gasteiger charge is 2.19. The molecule has 0 spiro atoms. The second-order valence-corrected chi connectivity index (χ2v) is 5.11. The van der Waals surface area contributed by atoms with Crippen LogP contribution < -0.4 is 0 Å². The number of rotatable bonds is 7. The maximum Gasteiger partial charge on any atom is 0.0459 e. The van der Waals surface area contributed by atoms with E-state index in [2.05, 4.69) is 0 Å². The Balaban J connectivity index is 0.000000331. The standard InChI is InChI=1S/C8H16O2.C6H14O2/c9-5-7-1-2-8(6-10)4-3-7;7-5-3-1-2-4-6-8/h7-10H,1-6H2;7-8H,1-6H2. The minimum atomic E-state index is 0.283. The van der Waals surface area contributed by atoms with Crippen molar-refractivity contribution in [1.29, 1.82) is 0 Å². The molecule has 0 aliphatic heterocycles. The molecule has 0 unspecified atom stereocenters. The molecular formula is C14H30O4. The van der Waals surface area contributed by atoms with Gasteiger partial charge in [-0.1, -0.05) is 12.8 Å². The molecule has 4 N–H and O–H groups in total. The van der Waals surface area contributed by atoms with Crippen LogP contribution in [0.25, 0.3) is 0 Å². The van der Waals surface area contributed by atoms with Gasteiger partial charge < -0.3 is 20.4 Å². The molecular weight excluding hydrogens is 232 g/mol. The largest absolute Gasteiger partial charge is 0.396 e. The molecule has 110 valence electrons. The third-order valence-electron chi connectivity index (χ3n) is 3.55. The predicted octanol–water partition coefficient (Wildman–Crippen LogP) is 1.31. The SMILES string of the molecule is OCC1CCC(CO)CC1.OCCCCCCO. The van der Waals surface area contributed by atoms with Crippen LogP contribution in [0.15, 0.2) is 0 Å². The van der Waals surface area contributed by atoms with Crippen molar-refractivity contribution in [3.05, 3.63) is 0 Å². The Morgan fingerprint density at radius 3 is 1.11 bits per heavy atom. The van der Waals surface area contributed by atoms with E-state index in [1.807, 2.05) is 0 Å². The molecule has 0 bridgehead atoms. The van der Waals surface area contributed by atoms with Crippen LogP contribution in [0.2, 0.25) is 0 Å². The highest BCUT2D eigenvalue weighted by Crippen LogP contribution is 2.27. The lowest BCUT2D eigenvalue weighted by Crippen LogP contribution is -2.19. The summed E-state index contributed by atoms with van der Waals surface area (Å²) in [5.41, 5.74) is 0. The zero-order chi connectivity index (χ0) is 13.6. The lowest BCUT2D eigenvalue weighted by atomic mass is 9.83. The van der Waals surface area contributed by atoms with Crippen molar-refractivity contribution in [2.75, 3.05) is 26.4 Å². The zero-order valence-corrected chi connectivity index (χ0v) is 11.4. The van der Waals surface area contributed by atoms with Crippen LogP contribution in [-0.2, 0) is 0 Å². The predicted molar refractivity (Wildman–Crippen MR) is 72.3 cm³/mol. The average Bonchev–Trinajstić information content (AvgIpc) is 2.44. The van der Waals surface area contributed by atoms with Gasteiger partial charge in [0.05, 0.1) is 0 Å². The van der Waals surface area contributed by atoms with Crippen LogP contribution in [-0.4, -0.2) is 46.9 Å². The third-order valence-corrected chi connectivity index (χ3v) is 3.55. The van der Waals surface area contributed by atoms with E-state index in [4.69, 9.17) is 20.4 Å². The number of aliphatic hydroxyl groups is 4. The van der Waals surface area contributed by atoms with E-state index in [1.54, 1.807) is 0 Å². The van der Waals surface area contributed by atoms with Gasteiger partial charge in [-0.25, -0.2) is 0 Å². The van der Waals surface area contributed by atoms with Crippen molar-refractivity contribution in [2.24, 2.45) is 11.8 Å². The van der Waals surface area contributed by atoms with Gasteiger partial charge in [-0.2, -0.15) is 0 Å². The highest BCUT2D eigenvalue weighted by atomic mass is 16.3. The van der Waals surface area contributed by atoms with Crippen molar-refractivity contribution in [3.63, 3.8) is 0 Å². The van der Waals surface area contributed by atoms with E-state index >= 15 is 0 Å². The van der Waals surface area contributed by atoms with Gasteiger partial charge in [-0.15, -0.1) is 0 Å². The van der Waals surface area contributed by atoms with Gasteiger partial charge in [0.25, 0.3) is 0 Å². The smallest absolute Gasteiger partial charge is 0.0459 e. The first-order chi connectivity index (χ1) is 8.78. The second-order valence-electron chi connectivity index (χ2n) is 5.11. The van der Waals surface area contributed by atoms with Crippen LogP contribution in [0, 0.1) is 11.8 Å². The summed E-state index contributed by atoms with van der Waals surface area (Å²) in [6, 6.07) is 0. The zero-order valence-electron chi connectivity index (χ0n) is 11.4. The summed E-state index contributed by atoms with van der Waals surface area (Å²) in [6.07, 6.45) is 8.22. The van der Waals surface area contributed by atoms with Gasteiger partial charge in [-0.3, -0.25) is 0 Å². The molecule has 1 aliphatic carbocycles. The van der Waals surface area contributed by atoms with E-state index in [0.29, 0.717) is 25.0 Å². The minimum Gasteiger partial charge on any atom is -0.396 e. The van der Waals surface area contributed by atoms with E-state index in [9.17, 15) is 0 Å². The number of hydrogen-bond acceptors (Lipinski definition) is 4. The maximum absolute atomic E-state index is 8.79. The number of aliphatic hydroxyl groups excluding tert-OH is 4. The topological polar surface area (TPSA) is 80.9 Å². The van der Waals surface area contributed by atoms with Crippen LogP contribution in [0.3, 0.4) is 0 Å². The summed E-state index contributed by atoms with van der Waals surface area (Å²) in [6.45, 7) is 1.23. The molecule has 1 aliphatic rings. The molecule has 1 rings (SSSR count). The summed E-state index contributed by atoms with van der Waals surface area (Å²) in [5, 5.41) is 34.2. The van der Waals surface area contributed by atoms with Gasteiger partial charge in [0.2, 0.25) is 0 Å². The van der Waals surface area contributed by atoms with Gasteiger partial charge in [0.1, 0.15) is 0 Å². The highest BCUT2D eigenvalue weighted by molar-refractivity contribution is 4.70. The molecule has 0 aromatic rings. The van der Waals surface area contributed by atoms with Crippen LogP contribution in [0.1, 0.15) is 51.4 Å². The Morgan fingerprint density at radius 2 is 0.889 bits per heavy atom. The molecule has 1 saturated carbocycles. The fraction of sp³-hybridized carbons (Fsp3) is 1.00. The van der Waals surface area contributed by atoms with Crippen LogP contribution in [0.5, 0.6) is 0 Å². The molecule has 0 radical (unpaired) electrons. The van der Waals surface area contributed by atoms with E-state index in [-0.39, 0.29) is 13.2 Å². The molecule has 0 atom stereocenters. The molecule has 0 saturated heterocycles. The molecule has 18 heavy (non-hydrogen) atoms. The lowest BCUT2D eigenvalue weighted by molar-refractivity contribution is 0.131. The van der Waals surface area contributed by atoms with Crippen molar-refractivity contribution >= 4 is 0 Å². The van der Waals surface area contributed by atoms with Gasteiger partial charge in [0, 0.05) is 26.4 Å². The summed E-state index contributed by atoms with van der Waals surface area (Å²) in [5.74, 6) is 1.03. The summed E-state index contributed by atoms with van der Waals surface area (Å²) in [4.78, 5) is 0. The quantitative estimate of drug-likeness (QED) is 0.521. The Labute approximate surface area is 111 Å². The number of hydrogen-bond donors (Lipinski definition) is 4. The first kappa shape index (κ1) is 17.8. The summed E-state index contributed by atoms with van der Waals surface area (Å²) in [7, 11) is 0.